The van der Waals surface area contributed by atoms with Gasteiger partial charge in [-0.05, 0) is 78.6 Å². The van der Waals surface area contributed by atoms with Crippen molar-refractivity contribution in [1.82, 2.24) is 4.98 Å². The Morgan fingerprint density at radius 2 is 1.73 bits per heavy atom. The van der Waals surface area contributed by atoms with E-state index in [1.54, 1.807) is 0 Å². The fraction of sp³-hybridized carbons (Fsp3) is 0.314. The van der Waals surface area contributed by atoms with Crippen molar-refractivity contribution < 1.29 is 15.0 Å². The van der Waals surface area contributed by atoms with Crippen LogP contribution < -0.4 is 0 Å². The molecule has 0 amide bonds. The Kier molecular flexibility index (Phi) is 9.96. The van der Waals surface area contributed by atoms with Crippen LogP contribution in [0.4, 0.5) is 0 Å². The van der Waals surface area contributed by atoms with Crippen molar-refractivity contribution in [2.75, 3.05) is 0 Å². The van der Waals surface area contributed by atoms with E-state index in [1.165, 1.54) is 5.56 Å². The molecular weight excluding hydrogens is 550 g/mol. The lowest BCUT2D eigenvalue weighted by molar-refractivity contribution is -0.139. The van der Waals surface area contributed by atoms with Crippen LogP contribution in [-0.4, -0.2) is 21.2 Å². The normalized spacial score (nSPS) is 13.1. The van der Waals surface area contributed by atoms with Gasteiger partial charge in [0.1, 0.15) is 0 Å². The van der Waals surface area contributed by atoms with Crippen LogP contribution in [-0.2, 0) is 16.1 Å². The summed E-state index contributed by atoms with van der Waals surface area (Å²) in [4.78, 5) is 16.2. The number of aliphatic hydroxyl groups is 1. The first-order chi connectivity index (χ1) is 19.4. The van der Waals surface area contributed by atoms with Crippen LogP contribution in [0, 0.1) is 5.41 Å². The number of carbonyl (C=O) groups is 1. The van der Waals surface area contributed by atoms with Gasteiger partial charge >= 0.3 is 5.97 Å². The molecule has 1 heterocycles. The molecule has 4 nitrogen and oxygen atoms in total. The number of rotatable bonds is 12. The van der Waals surface area contributed by atoms with Crippen LogP contribution >= 0.6 is 23.4 Å². The van der Waals surface area contributed by atoms with E-state index in [2.05, 4.69) is 36.4 Å². The molecule has 6 heteroatoms. The highest BCUT2D eigenvalue weighted by Crippen LogP contribution is 2.41. The largest absolute Gasteiger partial charge is 0.481 e. The van der Waals surface area contributed by atoms with Crippen molar-refractivity contribution in [1.29, 1.82) is 0 Å². The van der Waals surface area contributed by atoms with Gasteiger partial charge in [0, 0.05) is 21.4 Å². The summed E-state index contributed by atoms with van der Waals surface area (Å²) in [7, 11) is 0. The minimum atomic E-state index is -0.928. The summed E-state index contributed by atoms with van der Waals surface area (Å²) in [5, 5.41) is 22.0. The Balaban J connectivity index is 1.58. The maximum atomic E-state index is 11.4. The average Bonchev–Trinajstić information content (AvgIpc) is 2.90. The number of carboxylic acid groups (broad SMARTS) is 1. The van der Waals surface area contributed by atoms with Gasteiger partial charge in [-0.25, -0.2) is 4.98 Å². The first-order valence-corrected chi connectivity index (χ1v) is 15.3. The molecular formula is C35H38ClNO3S. The molecule has 0 saturated carbocycles. The van der Waals surface area contributed by atoms with Gasteiger partial charge in [0.25, 0.3) is 0 Å². The number of hydrogen-bond acceptors (Lipinski definition) is 4. The molecule has 4 rings (SSSR count). The number of halogens is 1. The number of carboxylic acids is 1. The zero-order valence-electron chi connectivity index (χ0n) is 24.1. The predicted octanol–water partition coefficient (Wildman–Crippen LogP) is 9.54. The van der Waals surface area contributed by atoms with Gasteiger partial charge in [-0.15, -0.1) is 11.8 Å². The van der Waals surface area contributed by atoms with Crippen LogP contribution in [0.2, 0.25) is 5.02 Å². The molecule has 0 bridgehead atoms. The van der Waals surface area contributed by atoms with Gasteiger partial charge in [-0.1, -0.05) is 92.2 Å². The van der Waals surface area contributed by atoms with E-state index in [0.717, 1.165) is 51.9 Å². The number of thioether (sulfide) groups is 1. The number of aliphatic carboxylic acids is 1. The topological polar surface area (TPSA) is 70.4 Å². The lowest BCUT2D eigenvalue weighted by Gasteiger charge is -2.27. The maximum absolute atomic E-state index is 11.4. The lowest BCUT2D eigenvalue weighted by atomic mass is 9.83. The molecule has 0 fully saturated rings. The predicted molar refractivity (Wildman–Crippen MR) is 173 cm³/mol. The Morgan fingerprint density at radius 1 is 0.976 bits per heavy atom. The Hall–Kier alpha value is -3.12. The van der Waals surface area contributed by atoms with Gasteiger partial charge in [0.2, 0.25) is 0 Å². The quantitative estimate of drug-likeness (QED) is 0.173. The molecule has 1 aromatic heterocycles. The molecule has 0 aliphatic carbocycles. The van der Waals surface area contributed by atoms with Gasteiger partial charge in [0.05, 0.1) is 23.2 Å². The fourth-order valence-electron chi connectivity index (χ4n) is 5.04. The number of benzene rings is 3. The lowest BCUT2D eigenvalue weighted by Crippen LogP contribution is -2.18. The first-order valence-electron chi connectivity index (χ1n) is 13.9. The third-order valence-corrected chi connectivity index (χ3v) is 8.86. The van der Waals surface area contributed by atoms with Crippen molar-refractivity contribution in [2.45, 2.75) is 63.6 Å². The molecule has 1 atom stereocenters. The number of nitrogens with zero attached hydrogens (tertiary/aromatic N) is 1. The molecule has 4 aromatic rings. The van der Waals surface area contributed by atoms with E-state index in [9.17, 15) is 15.0 Å². The maximum Gasteiger partial charge on any atom is 0.303 e. The van der Waals surface area contributed by atoms with E-state index in [4.69, 9.17) is 16.6 Å². The second-order valence-corrected chi connectivity index (χ2v) is 13.5. The summed E-state index contributed by atoms with van der Waals surface area (Å²) in [5.74, 6) is -0.0246. The Bertz CT molecular complexity index is 1540. The highest BCUT2D eigenvalue weighted by Gasteiger charge is 2.25. The second kappa shape index (κ2) is 13.2. The summed E-state index contributed by atoms with van der Waals surface area (Å²) >= 11 is 8.00. The molecule has 0 aliphatic rings. The van der Waals surface area contributed by atoms with Crippen molar-refractivity contribution >= 4 is 52.4 Å². The number of aromatic nitrogens is 1. The van der Waals surface area contributed by atoms with E-state index in [0.29, 0.717) is 5.02 Å². The van der Waals surface area contributed by atoms with Crippen molar-refractivity contribution in [3.05, 3.63) is 112 Å². The molecule has 0 saturated heterocycles. The number of fused-ring (bicyclic) bond motifs is 1. The zero-order valence-corrected chi connectivity index (χ0v) is 25.7. The smallest absolute Gasteiger partial charge is 0.303 e. The second-order valence-electron chi connectivity index (χ2n) is 11.9. The molecule has 0 unspecified atom stereocenters. The molecule has 214 valence electrons. The first kappa shape index (κ1) is 30.8. The Labute approximate surface area is 252 Å². The molecule has 2 N–H and O–H groups in total. The average molecular weight is 588 g/mol. The molecule has 3 aromatic carbocycles. The van der Waals surface area contributed by atoms with Crippen molar-refractivity contribution in [3.8, 4) is 0 Å². The summed E-state index contributed by atoms with van der Waals surface area (Å²) in [6, 6.07) is 26.3. The highest BCUT2D eigenvalue weighted by atomic mass is 35.5. The van der Waals surface area contributed by atoms with E-state index in [-0.39, 0.29) is 17.1 Å². The minimum absolute atomic E-state index is 0.138. The van der Waals surface area contributed by atoms with E-state index in [1.807, 2.05) is 94.1 Å². The van der Waals surface area contributed by atoms with Crippen molar-refractivity contribution in [2.24, 2.45) is 5.41 Å². The van der Waals surface area contributed by atoms with Crippen LogP contribution in [0.3, 0.4) is 0 Å². The molecule has 0 radical (unpaired) electrons. The monoisotopic (exact) mass is 587 g/mol. The SMILES string of the molecule is CC(C)(CC[C@@H](SCc1ccccc1C(C)(C)O)c1cccc(/C=C/c2ccc3ccc(Cl)cc3n2)c1)CC(=O)O. The summed E-state index contributed by atoms with van der Waals surface area (Å²) in [5.41, 5.74) is 4.79. The van der Waals surface area contributed by atoms with Crippen LogP contribution in [0.15, 0.2) is 78.9 Å². The molecule has 41 heavy (non-hydrogen) atoms. The van der Waals surface area contributed by atoms with E-state index >= 15 is 0 Å². The fourth-order valence-corrected chi connectivity index (χ4v) is 6.47. The van der Waals surface area contributed by atoms with Gasteiger partial charge in [-0.3, -0.25) is 4.79 Å². The van der Waals surface area contributed by atoms with Gasteiger partial charge in [-0.2, -0.15) is 0 Å². The van der Waals surface area contributed by atoms with Crippen LogP contribution in [0.25, 0.3) is 23.1 Å². The standard InChI is InChI=1S/C35H38ClNO3S/c1-34(2,22-33(38)39)19-18-32(41-23-27-9-5-6-11-30(27)35(3,4)40)26-10-7-8-24(20-26)12-16-29-17-14-25-13-15-28(36)21-31(25)37-29/h5-17,20-21,32,40H,18-19,22-23H2,1-4H3,(H,38,39)/b16-12+/t32-/m1/s1. The number of pyridine rings is 1. The Morgan fingerprint density at radius 3 is 2.49 bits per heavy atom. The summed E-state index contributed by atoms with van der Waals surface area (Å²) in [6.07, 6.45) is 5.85. The van der Waals surface area contributed by atoms with Gasteiger partial charge in [0.15, 0.2) is 0 Å². The third-order valence-electron chi connectivity index (χ3n) is 7.23. The minimum Gasteiger partial charge on any atom is -0.481 e. The highest BCUT2D eigenvalue weighted by molar-refractivity contribution is 7.98. The molecule has 0 aliphatic heterocycles. The molecule has 0 spiro atoms. The summed E-state index contributed by atoms with van der Waals surface area (Å²) in [6.45, 7) is 7.68. The zero-order chi connectivity index (χ0) is 29.6. The van der Waals surface area contributed by atoms with Gasteiger partial charge < -0.3 is 10.2 Å². The van der Waals surface area contributed by atoms with Crippen LogP contribution in [0.1, 0.15) is 80.2 Å². The number of hydrogen-bond donors (Lipinski definition) is 2. The van der Waals surface area contributed by atoms with E-state index < -0.39 is 11.6 Å². The summed E-state index contributed by atoms with van der Waals surface area (Å²) < 4.78 is 0. The van der Waals surface area contributed by atoms with Crippen molar-refractivity contribution in [3.63, 3.8) is 0 Å². The third kappa shape index (κ3) is 8.93. The van der Waals surface area contributed by atoms with Crippen LogP contribution in [0.5, 0.6) is 0 Å².